The van der Waals surface area contributed by atoms with Crippen molar-refractivity contribution in [2.75, 3.05) is 26.4 Å². The van der Waals surface area contributed by atoms with E-state index < -0.39 is 0 Å². The maximum Gasteiger partial charge on any atom is 0.142 e. The summed E-state index contributed by atoms with van der Waals surface area (Å²) in [6.07, 6.45) is 1.19. The van der Waals surface area contributed by atoms with E-state index in [1.807, 2.05) is 24.3 Å². The maximum atomic E-state index is 5.79. The molecule has 1 rings (SSSR count). The van der Waals surface area contributed by atoms with Crippen LogP contribution in [0.2, 0.25) is 0 Å². The Labute approximate surface area is 91.8 Å². The standard InChI is InChI=1S/C12H20N2O/c1-10(8-9-14(2)3)15-12-7-5-4-6-11(12)13/h4-7,10H,8-9,13H2,1-3H3. The van der Waals surface area contributed by atoms with Gasteiger partial charge in [-0.05, 0) is 39.6 Å². The maximum absolute atomic E-state index is 5.79. The second kappa shape index (κ2) is 5.61. The fourth-order valence-electron chi connectivity index (χ4n) is 1.30. The molecule has 0 aromatic heterocycles. The van der Waals surface area contributed by atoms with E-state index in [0.29, 0.717) is 5.69 Å². The Morgan fingerprint density at radius 3 is 2.60 bits per heavy atom. The predicted molar refractivity (Wildman–Crippen MR) is 64.1 cm³/mol. The molecule has 0 saturated carbocycles. The van der Waals surface area contributed by atoms with Gasteiger partial charge in [-0.2, -0.15) is 0 Å². The zero-order valence-corrected chi connectivity index (χ0v) is 9.73. The molecule has 3 nitrogen and oxygen atoms in total. The Morgan fingerprint density at radius 2 is 2.00 bits per heavy atom. The molecule has 0 aliphatic heterocycles. The van der Waals surface area contributed by atoms with Crippen LogP contribution >= 0.6 is 0 Å². The first-order valence-electron chi connectivity index (χ1n) is 5.25. The molecule has 0 fully saturated rings. The average molecular weight is 208 g/mol. The van der Waals surface area contributed by atoms with E-state index in [-0.39, 0.29) is 6.10 Å². The van der Waals surface area contributed by atoms with Gasteiger partial charge in [0, 0.05) is 6.54 Å². The highest BCUT2D eigenvalue weighted by atomic mass is 16.5. The Kier molecular flexibility index (Phi) is 4.43. The molecule has 0 aliphatic carbocycles. The molecule has 3 heteroatoms. The topological polar surface area (TPSA) is 38.5 Å². The molecule has 1 aromatic carbocycles. The Bertz CT molecular complexity index is 299. The van der Waals surface area contributed by atoms with Gasteiger partial charge in [-0.15, -0.1) is 0 Å². The van der Waals surface area contributed by atoms with Crippen molar-refractivity contribution in [3.63, 3.8) is 0 Å². The first-order chi connectivity index (χ1) is 7.09. The van der Waals surface area contributed by atoms with Gasteiger partial charge in [-0.1, -0.05) is 12.1 Å². The predicted octanol–water partition coefficient (Wildman–Crippen LogP) is 1.99. The minimum atomic E-state index is 0.192. The molecule has 0 spiro atoms. The van der Waals surface area contributed by atoms with E-state index in [1.165, 1.54) is 0 Å². The molecule has 0 saturated heterocycles. The summed E-state index contributed by atoms with van der Waals surface area (Å²) in [5.41, 5.74) is 6.49. The van der Waals surface area contributed by atoms with Crippen LogP contribution < -0.4 is 10.5 Å². The summed E-state index contributed by atoms with van der Waals surface area (Å²) in [6, 6.07) is 7.60. The van der Waals surface area contributed by atoms with Crippen LogP contribution in [0.3, 0.4) is 0 Å². The van der Waals surface area contributed by atoms with E-state index in [2.05, 4.69) is 25.9 Å². The van der Waals surface area contributed by atoms with Crippen molar-refractivity contribution < 1.29 is 4.74 Å². The number of ether oxygens (including phenoxy) is 1. The lowest BCUT2D eigenvalue weighted by Crippen LogP contribution is -2.21. The average Bonchev–Trinajstić information content (AvgIpc) is 2.18. The van der Waals surface area contributed by atoms with Crippen LogP contribution in [0, 0.1) is 0 Å². The van der Waals surface area contributed by atoms with Gasteiger partial charge in [0.15, 0.2) is 0 Å². The van der Waals surface area contributed by atoms with Crippen molar-refractivity contribution in [1.29, 1.82) is 0 Å². The van der Waals surface area contributed by atoms with Crippen molar-refractivity contribution in [2.45, 2.75) is 19.4 Å². The number of nitrogen functional groups attached to an aromatic ring is 1. The highest BCUT2D eigenvalue weighted by molar-refractivity contribution is 5.51. The molecule has 1 aromatic rings. The van der Waals surface area contributed by atoms with Crippen LogP contribution in [0.4, 0.5) is 5.69 Å². The fourth-order valence-corrected chi connectivity index (χ4v) is 1.30. The number of hydrogen-bond acceptors (Lipinski definition) is 3. The van der Waals surface area contributed by atoms with Gasteiger partial charge < -0.3 is 15.4 Å². The number of benzene rings is 1. The molecular formula is C12H20N2O. The molecule has 0 amide bonds. The van der Waals surface area contributed by atoms with E-state index in [1.54, 1.807) is 0 Å². The third kappa shape index (κ3) is 4.21. The van der Waals surface area contributed by atoms with Crippen molar-refractivity contribution in [2.24, 2.45) is 0 Å². The summed E-state index contributed by atoms with van der Waals surface area (Å²) in [5, 5.41) is 0. The molecule has 1 atom stereocenters. The summed E-state index contributed by atoms with van der Waals surface area (Å²) in [7, 11) is 4.12. The van der Waals surface area contributed by atoms with Gasteiger partial charge in [0.25, 0.3) is 0 Å². The number of nitrogens with two attached hydrogens (primary N) is 1. The largest absolute Gasteiger partial charge is 0.489 e. The molecule has 0 bridgehead atoms. The smallest absolute Gasteiger partial charge is 0.142 e. The Balaban J connectivity index is 2.44. The minimum Gasteiger partial charge on any atom is -0.489 e. The highest BCUT2D eigenvalue weighted by Gasteiger charge is 2.06. The molecule has 84 valence electrons. The molecule has 15 heavy (non-hydrogen) atoms. The van der Waals surface area contributed by atoms with E-state index in [4.69, 9.17) is 10.5 Å². The monoisotopic (exact) mass is 208 g/mol. The van der Waals surface area contributed by atoms with Crippen LogP contribution in [0.25, 0.3) is 0 Å². The zero-order valence-electron chi connectivity index (χ0n) is 9.73. The summed E-state index contributed by atoms with van der Waals surface area (Å²) >= 11 is 0. The number of anilines is 1. The number of nitrogens with zero attached hydrogens (tertiary/aromatic N) is 1. The number of rotatable bonds is 5. The highest BCUT2D eigenvalue weighted by Crippen LogP contribution is 2.21. The fraction of sp³-hybridized carbons (Fsp3) is 0.500. The first kappa shape index (κ1) is 11.9. The van der Waals surface area contributed by atoms with E-state index in [9.17, 15) is 0 Å². The Hall–Kier alpha value is -1.22. The van der Waals surface area contributed by atoms with Crippen LogP contribution in [0.15, 0.2) is 24.3 Å². The van der Waals surface area contributed by atoms with E-state index >= 15 is 0 Å². The van der Waals surface area contributed by atoms with Gasteiger partial charge >= 0.3 is 0 Å². The minimum absolute atomic E-state index is 0.192. The quantitative estimate of drug-likeness (QED) is 0.752. The van der Waals surface area contributed by atoms with Gasteiger partial charge in [0.05, 0.1) is 11.8 Å². The second-order valence-corrected chi connectivity index (χ2v) is 4.06. The first-order valence-corrected chi connectivity index (χ1v) is 5.25. The summed E-state index contributed by atoms with van der Waals surface area (Å²) < 4.78 is 5.74. The van der Waals surface area contributed by atoms with Crippen molar-refractivity contribution >= 4 is 5.69 Å². The third-order valence-corrected chi connectivity index (χ3v) is 2.23. The SMILES string of the molecule is CC(CCN(C)C)Oc1ccccc1N. The summed E-state index contributed by atoms with van der Waals surface area (Å²) in [4.78, 5) is 2.15. The Morgan fingerprint density at radius 1 is 1.33 bits per heavy atom. The lowest BCUT2D eigenvalue weighted by Gasteiger charge is -2.18. The molecular weight excluding hydrogens is 188 g/mol. The lowest BCUT2D eigenvalue weighted by atomic mass is 10.2. The zero-order chi connectivity index (χ0) is 11.3. The van der Waals surface area contributed by atoms with Crippen molar-refractivity contribution in [3.05, 3.63) is 24.3 Å². The van der Waals surface area contributed by atoms with Gasteiger partial charge in [-0.3, -0.25) is 0 Å². The number of hydrogen-bond donors (Lipinski definition) is 1. The molecule has 0 aliphatic rings. The normalized spacial score (nSPS) is 12.8. The summed E-state index contributed by atoms with van der Waals surface area (Å²) in [5.74, 6) is 0.781. The second-order valence-electron chi connectivity index (χ2n) is 4.06. The van der Waals surface area contributed by atoms with Crippen LogP contribution in [-0.4, -0.2) is 31.6 Å². The molecule has 1 unspecified atom stereocenters. The van der Waals surface area contributed by atoms with Crippen molar-refractivity contribution in [1.82, 2.24) is 4.90 Å². The molecule has 0 heterocycles. The lowest BCUT2D eigenvalue weighted by molar-refractivity contribution is 0.195. The van der Waals surface area contributed by atoms with Crippen LogP contribution in [0.5, 0.6) is 5.75 Å². The molecule has 2 N–H and O–H groups in total. The molecule has 0 radical (unpaired) electrons. The van der Waals surface area contributed by atoms with Gasteiger partial charge in [-0.25, -0.2) is 0 Å². The van der Waals surface area contributed by atoms with Gasteiger partial charge in [0.2, 0.25) is 0 Å². The van der Waals surface area contributed by atoms with E-state index in [0.717, 1.165) is 18.7 Å². The summed E-state index contributed by atoms with van der Waals surface area (Å²) in [6.45, 7) is 3.09. The third-order valence-electron chi connectivity index (χ3n) is 2.23. The number of para-hydroxylation sites is 2. The van der Waals surface area contributed by atoms with Crippen LogP contribution in [0.1, 0.15) is 13.3 Å². The van der Waals surface area contributed by atoms with Crippen molar-refractivity contribution in [3.8, 4) is 5.75 Å². The van der Waals surface area contributed by atoms with Crippen LogP contribution in [-0.2, 0) is 0 Å². The van der Waals surface area contributed by atoms with Gasteiger partial charge in [0.1, 0.15) is 5.75 Å².